The largest absolute Gasteiger partial charge is 0.497 e. The standard InChI is InChI=1S/C19H21IO5S/c1-12-5-7-15(8-6-12)26(22)11-18(25-13(2)21)16-9-14(23-3)10-17(24-4)19(16)20/h5-10,18H,11H2,1-4H3/t18-,26?/m0/s1. The summed E-state index contributed by atoms with van der Waals surface area (Å²) in [5, 5.41) is 0. The monoisotopic (exact) mass is 488 g/mol. The van der Waals surface area contributed by atoms with Crippen molar-refractivity contribution in [2.24, 2.45) is 0 Å². The quantitative estimate of drug-likeness (QED) is 0.435. The van der Waals surface area contributed by atoms with Crippen molar-refractivity contribution in [3.8, 4) is 11.5 Å². The Morgan fingerprint density at radius 2 is 1.81 bits per heavy atom. The first-order chi connectivity index (χ1) is 12.3. The number of ether oxygens (including phenoxy) is 3. The number of carbonyl (C=O) groups is 1. The van der Waals surface area contributed by atoms with Gasteiger partial charge in [0.2, 0.25) is 0 Å². The zero-order chi connectivity index (χ0) is 19.3. The third-order valence-corrected chi connectivity index (χ3v) is 6.30. The van der Waals surface area contributed by atoms with Gasteiger partial charge in [-0.2, -0.15) is 0 Å². The van der Waals surface area contributed by atoms with Crippen LogP contribution in [0.25, 0.3) is 0 Å². The molecule has 0 aromatic heterocycles. The molecule has 0 aliphatic rings. The Labute approximate surface area is 169 Å². The zero-order valence-electron chi connectivity index (χ0n) is 15.1. The Balaban J connectivity index is 2.40. The third kappa shape index (κ3) is 5.20. The van der Waals surface area contributed by atoms with E-state index in [1.165, 1.54) is 6.92 Å². The lowest BCUT2D eigenvalue weighted by molar-refractivity contribution is -0.145. The van der Waals surface area contributed by atoms with E-state index in [1.54, 1.807) is 26.4 Å². The van der Waals surface area contributed by atoms with Gasteiger partial charge in [-0.25, -0.2) is 0 Å². The van der Waals surface area contributed by atoms with Gasteiger partial charge >= 0.3 is 5.97 Å². The van der Waals surface area contributed by atoms with Gasteiger partial charge in [0.25, 0.3) is 0 Å². The molecule has 0 N–H and O–H groups in total. The van der Waals surface area contributed by atoms with Crippen molar-refractivity contribution in [1.82, 2.24) is 0 Å². The lowest BCUT2D eigenvalue weighted by atomic mass is 10.1. The second kappa shape index (κ2) is 9.36. The maximum Gasteiger partial charge on any atom is 0.303 e. The van der Waals surface area contributed by atoms with Crippen LogP contribution >= 0.6 is 22.6 Å². The van der Waals surface area contributed by atoms with Gasteiger partial charge in [0.05, 0.1) is 34.3 Å². The SMILES string of the molecule is COc1cc(OC)c(I)c([C@H](CS(=O)c2ccc(C)cc2)OC(C)=O)c1. The average molecular weight is 488 g/mol. The van der Waals surface area contributed by atoms with E-state index in [0.717, 1.165) is 9.13 Å². The van der Waals surface area contributed by atoms with E-state index in [1.807, 2.05) is 31.2 Å². The number of methoxy groups -OCH3 is 2. The van der Waals surface area contributed by atoms with E-state index in [0.29, 0.717) is 22.0 Å². The molecule has 1 unspecified atom stereocenters. The number of rotatable bonds is 7. The Morgan fingerprint density at radius 3 is 2.35 bits per heavy atom. The fourth-order valence-corrected chi connectivity index (χ4v) is 4.44. The van der Waals surface area contributed by atoms with Crippen LogP contribution in [0.1, 0.15) is 24.2 Å². The number of hydrogen-bond acceptors (Lipinski definition) is 5. The topological polar surface area (TPSA) is 61.8 Å². The number of esters is 1. The molecule has 0 bridgehead atoms. The van der Waals surface area contributed by atoms with Gasteiger partial charge < -0.3 is 14.2 Å². The number of aryl methyl sites for hydroxylation is 1. The molecular weight excluding hydrogens is 467 g/mol. The van der Waals surface area contributed by atoms with Crippen molar-refractivity contribution >= 4 is 39.4 Å². The molecule has 2 atom stereocenters. The van der Waals surface area contributed by atoms with Crippen LogP contribution in [-0.2, 0) is 20.3 Å². The van der Waals surface area contributed by atoms with E-state index in [9.17, 15) is 9.00 Å². The van der Waals surface area contributed by atoms with Crippen molar-refractivity contribution in [1.29, 1.82) is 0 Å². The van der Waals surface area contributed by atoms with Crippen molar-refractivity contribution < 1.29 is 23.2 Å². The molecule has 7 heteroatoms. The molecule has 0 radical (unpaired) electrons. The van der Waals surface area contributed by atoms with Crippen LogP contribution in [0.4, 0.5) is 0 Å². The van der Waals surface area contributed by atoms with Gasteiger partial charge in [0.1, 0.15) is 17.6 Å². The summed E-state index contributed by atoms with van der Waals surface area (Å²) >= 11 is 2.13. The molecule has 0 amide bonds. The highest BCUT2D eigenvalue weighted by Gasteiger charge is 2.24. The fourth-order valence-electron chi connectivity index (χ4n) is 2.41. The molecule has 0 spiro atoms. The molecule has 5 nitrogen and oxygen atoms in total. The molecule has 2 aromatic carbocycles. The average Bonchev–Trinajstić information content (AvgIpc) is 2.61. The molecule has 2 aromatic rings. The van der Waals surface area contributed by atoms with Crippen molar-refractivity contribution in [2.75, 3.05) is 20.0 Å². The summed E-state index contributed by atoms with van der Waals surface area (Å²) in [5.41, 5.74) is 1.80. The Hall–Kier alpha value is -1.61. The normalized spacial score (nSPS) is 13.0. The van der Waals surface area contributed by atoms with E-state index in [4.69, 9.17) is 14.2 Å². The molecule has 0 fully saturated rings. The van der Waals surface area contributed by atoms with Crippen LogP contribution in [0, 0.1) is 10.5 Å². The number of carbonyl (C=O) groups excluding carboxylic acids is 1. The first-order valence-corrected chi connectivity index (χ1v) is 10.3. The summed E-state index contributed by atoms with van der Waals surface area (Å²) in [4.78, 5) is 12.3. The minimum Gasteiger partial charge on any atom is -0.497 e. The van der Waals surface area contributed by atoms with Gasteiger partial charge in [-0.1, -0.05) is 17.7 Å². The Bertz CT molecular complexity index is 804. The van der Waals surface area contributed by atoms with Crippen LogP contribution in [-0.4, -0.2) is 30.2 Å². The molecule has 0 heterocycles. The van der Waals surface area contributed by atoms with Gasteiger partial charge in [-0.05, 0) is 47.7 Å². The lowest BCUT2D eigenvalue weighted by Crippen LogP contribution is -2.17. The van der Waals surface area contributed by atoms with Crippen LogP contribution in [0.2, 0.25) is 0 Å². The summed E-state index contributed by atoms with van der Waals surface area (Å²) in [5.74, 6) is 0.900. The maximum atomic E-state index is 12.8. The third-order valence-electron chi connectivity index (χ3n) is 3.74. The van der Waals surface area contributed by atoms with E-state index in [2.05, 4.69) is 22.6 Å². The molecule has 0 aliphatic heterocycles. The van der Waals surface area contributed by atoms with E-state index in [-0.39, 0.29) is 5.75 Å². The molecule has 0 saturated heterocycles. The predicted octanol–water partition coefficient (Wildman–Crippen LogP) is 4.03. The second-order valence-electron chi connectivity index (χ2n) is 5.66. The number of hydrogen-bond donors (Lipinski definition) is 0. The summed E-state index contributed by atoms with van der Waals surface area (Å²) in [7, 11) is 1.79. The predicted molar refractivity (Wildman–Crippen MR) is 109 cm³/mol. The first kappa shape index (κ1) is 20.7. The van der Waals surface area contributed by atoms with Crippen LogP contribution in [0.15, 0.2) is 41.3 Å². The van der Waals surface area contributed by atoms with E-state index < -0.39 is 22.9 Å². The van der Waals surface area contributed by atoms with Crippen molar-refractivity contribution in [3.05, 3.63) is 51.1 Å². The van der Waals surface area contributed by atoms with Crippen LogP contribution in [0.5, 0.6) is 11.5 Å². The molecule has 2 rings (SSSR count). The highest BCUT2D eigenvalue weighted by Crippen LogP contribution is 2.35. The first-order valence-electron chi connectivity index (χ1n) is 7.89. The highest BCUT2D eigenvalue weighted by atomic mass is 127. The van der Waals surface area contributed by atoms with Gasteiger partial charge in [-0.3, -0.25) is 9.00 Å². The molecule has 26 heavy (non-hydrogen) atoms. The minimum atomic E-state index is -1.33. The molecule has 0 saturated carbocycles. The second-order valence-corrected chi connectivity index (χ2v) is 8.23. The molecule has 0 aliphatic carbocycles. The lowest BCUT2D eigenvalue weighted by Gasteiger charge is -2.20. The number of benzene rings is 2. The fraction of sp³-hybridized carbons (Fsp3) is 0.316. The van der Waals surface area contributed by atoms with Crippen LogP contribution < -0.4 is 9.47 Å². The molecular formula is C19H21IO5S. The maximum absolute atomic E-state index is 12.8. The number of halogens is 1. The molecule has 140 valence electrons. The van der Waals surface area contributed by atoms with Gasteiger partial charge in [-0.15, -0.1) is 0 Å². The van der Waals surface area contributed by atoms with Crippen molar-refractivity contribution in [2.45, 2.75) is 24.8 Å². The van der Waals surface area contributed by atoms with E-state index >= 15 is 0 Å². The summed E-state index contributed by atoms with van der Waals surface area (Å²) in [6, 6.07) is 11.0. The van der Waals surface area contributed by atoms with Crippen molar-refractivity contribution in [3.63, 3.8) is 0 Å². The Kier molecular flexibility index (Phi) is 7.45. The minimum absolute atomic E-state index is 0.148. The zero-order valence-corrected chi connectivity index (χ0v) is 18.1. The van der Waals surface area contributed by atoms with Crippen LogP contribution in [0.3, 0.4) is 0 Å². The summed E-state index contributed by atoms with van der Waals surface area (Å²) in [6.07, 6.45) is -0.675. The Morgan fingerprint density at radius 1 is 1.15 bits per heavy atom. The summed E-state index contributed by atoms with van der Waals surface area (Å²) in [6.45, 7) is 3.31. The summed E-state index contributed by atoms with van der Waals surface area (Å²) < 4.78 is 29.8. The smallest absolute Gasteiger partial charge is 0.303 e. The highest BCUT2D eigenvalue weighted by molar-refractivity contribution is 14.1. The van der Waals surface area contributed by atoms with Gasteiger partial charge in [0, 0.05) is 23.4 Å². The van der Waals surface area contributed by atoms with Gasteiger partial charge in [0.15, 0.2) is 0 Å².